The fourth-order valence-electron chi connectivity index (χ4n) is 1.80. The van der Waals surface area contributed by atoms with Gasteiger partial charge in [-0.3, -0.25) is 0 Å². The maximum atomic E-state index is 12.8. The van der Waals surface area contributed by atoms with Crippen LogP contribution in [-0.2, 0) is 11.3 Å². The Labute approximate surface area is 108 Å². The van der Waals surface area contributed by atoms with Crippen molar-refractivity contribution >= 4 is 11.8 Å². The summed E-state index contributed by atoms with van der Waals surface area (Å²) in [6.45, 7) is 1.35. The van der Waals surface area contributed by atoms with Crippen LogP contribution >= 0.6 is 11.8 Å². The Hall–Kier alpha value is -1.40. The molecule has 1 fully saturated rings. The van der Waals surface area contributed by atoms with Crippen LogP contribution in [0, 0.1) is 5.82 Å². The molecular formula is C12H12FN3OS. The molecule has 1 aromatic carbocycles. The van der Waals surface area contributed by atoms with E-state index in [1.54, 1.807) is 28.6 Å². The first kappa shape index (κ1) is 11.7. The minimum absolute atomic E-state index is 0.00645. The molecule has 6 heteroatoms. The van der Waals surface area contributed by atoms with Crippen molar-refractivity contribution in [3.05, 3.63) is 47.5 Å². The van der Waals surface area contributed by atoms with Crippen LogP contribution < -0.4 is 0 Å². The summed E-state index contributed by atoms with van der Waals surface area (Å²) < 4.78 is 20.0. The highest BCUT2D eigenvalue weighted by Crippen LogP contribution is 2.33. The quantitative estimate of drug-likeness (QED) is 0.853. The van der Waals surface area contributed by atoms with Gasteiger partial charge in [-0.15, -0.1) is 16.9 Å². The van der Waals surface area contributed by atoms with E-state index in [9.17, 15) is 4.39 Å². The third kappa shape index (κ3) is 2.54. The Morgan fingerprint density at radius 3 is 2.94 bits per heavy atom. The summed E-state index contributed by atoms with van der Waals surface area (Å²) in [5.74, 6) is 0.768. The number of halogens is 1. The fraction of sp³-hybridized carbons (Fsp3) is 0.333. The molecule has 0 aliphatic carbocycles. The molecule has 2 heterocycles. The molecule has 1 saturated heterocycles. The van der Waals surface area contributed by atoms with Crippen molar-refractivity contribution in [1.29, 1.82) is 0 Å². The van der Waals surface area contributed by atoms with Gasteiger partial charge >= 0.3 is 0 Å². The molecule has 2 aromatic rings. The van der Waals surface area contributed by atoms with Crippen LogP contribution in [0.1, 0.15) is 16.7 Å². The van der Waals surface area contributed by atoms with Gasteiger partial charge in [0.2, 0.25) is 0 Å². The Balaban J connectivity index is 1.71. The van der Waals surface area contributed by atoms with Gasteiger partial charge in [0.15, 0.2) is 0 Å². The van der Waals surface area contributed by atoms with Crippen molar-refractivity contribution in [2.24, 2.45) is 0 Å². The molecule has 0 radical (unpaired) electrons. The Bertz CT molecular complexity index is 522. The van der Waals surface area contributed by atoms with Crippen molar-refractivity contribution in [3.8, 4) is 0 Å². The highest BCUT2D eigenvalue weighted by Gasteiger charge is 2.21. The van der Waals surface area contributed by atoms with Crippen LogP contribution in [0.25, 0.3) is 0 Å². The van der Waals surface area contributed by atoms with Crippen LogP contribution in [0.15, 0.2) is 30.5 Å². The summed E-state index contributed by atoms with van der Waals surface area (Å²) in [4.78, 5) is 0. The predicted octanol–water partition coefficient (Wildman–Crippen LogP) is 2.23. The third-order valence-electron chi connectivity index (χ3n) is 2.68. The van der Waals surface area contributed by atoms with Gasteiger partial charge in [-0.2, -0.15) is 0 Å². The first-order chi connectivity index (χ1) is 8.81. The van der Waals surface area contributed by atoms with Crippen LogP contribution in [0.4, 0.5) is 4.39 Å². The molecule has 18 heavy (non-hydrogen) atoms. The molecule has 1 aliphatic rings. The van der Waals surface area contributed by atoms with Crippen molar-refractivity contribution in [2.45, 2.75) is 12.0 Å². The lowest BCUT2D eigenvalue weighted by atomic mass is 10.2. The normalized spacial score (nSPS) is 19.3. The molecule has 0 N–H and O–H groups in total. The number of hydrogen-bond donors (Lipinski definition) is 0. The van der Waals surface area contributed by atoms with E-state index in [1.165, 1.54) is 12.1 Å². The summed E-state index contributed by atoms with van der Waals surface area (Å²) in [5.41, 5.74) is 1.85. The molecular weight excluding hydrogens is 253 g/mol. The van der Waals surface area contributed by atoms with Crippen molar-refractivity contribution in [2.75, 3.05) is 12.4 Å². The highest BCUT2D eigenvalue weighted by atomic mass is 32.2. The average molecular weight is 265 g/mol. The minimum atomic E-state index is -0.228. The lowest BCUT2D eigenvalue weighted by Gasteiger charge is -2.02. The molecule has 1 aliphatic heterocycles. The summed E-state index contributed by atoms with van der Waals surface area (Å²) in [7, 11) is 0. The number of rotatable bonds is 3. The first-order valence-corrected chi connectivity index (χ1v) is 6.74. The molecule has 0 spiro atoms. The van der Waals surface area contributed by atoms with E-state index in [0.717, 1.165) is 23.6 Å². The van der Waals surface area contributed by atoms with Gasteiger partial charge in [0.25, 0.3) is 0 Å². The molecule has 3 rings (SSSR count). The number of nitrogens with zero attached hydrogens (tertiary/aromatic N) is 3. The van der Waals surface area contributed by atoms with Gasteiger partial charge in [0, 0.05) is 5.75 Å². The van der Waals surface area contributed by atoms with E-state index in [4.69, 9.17) is 4.74 Å². The lowest BCUT2D eigenvalue weighted by Crippen LogP contribution is -2.00. The van der Waals surface area contributed by atoms with Gasteiger partial charge in [-0.25, -0.2) is 9.07 Å². The molecule has 1 aromatic heterocycles. The average Bonchev–Trinajstić information content (AvgIpc) is 3.02. The zero-order valence-corrected chi connectivity index (χ0v) is 10.4. The zero-order valence-electron chi connectivity index (χ0n) is 9.62. The summed E-state index contributed by atoms with van der Waals surface area (Å²) in [6, 6.07) is 6.39. The summed E-state index contributed by atoms with van der Waals surface area (Å²) >= 11 is 1.73. The van der Waals surface area contributed by atoms with Gasteiger partial charge in [0.1, 0.15) is 16.9 Å². The van der Waals surface area contributed by atoms with E-state index in [2.05, 4.69) is 10.3 Å². The molecule has 0 unspecified atom stereocenters. The smallest absolute Gasteiger partial charge is 0.148 e. The van der Waals surface area contributed by atoms with Gasteiger partial charge in [0.05, 0.1) is 19.3 Å². The monoisotopic (exact) mass is 265 g/mol. The molecule has 0 saturated carbocycles. The third-order valence-corrected chi connectivity index (χ3v) is 3.76. The molecule has 1 atom stereocenters. The fourth-order valence-corrected chi connectivity index (χ4v) is 2.68. The largest absolute Gasteiger partial charge is 0.360 e. The second kappa shape index (κ2) is 5.07. The first-order valence-electron chi connectivity index (χ1n) is 5.69. The number of benzene rings is 1. The van der Waals surface area contributed by atoms with E-state index in [1.807, 2.05) is 6.20 Å². The van der Waals surface area contributed by atoms with Crippen LogP contribution in [-0.4, -0.2) is 27.4 Å². The topological polar surface area (TPSA) is 39.9 Å². The summed E-state index contributed by atoms with van der Waals surface area (Å²) in [6.07, 6.45) is 1.88. The second-order valence-corrected chi connectivity index (χ2v) is 5.21. The molecule has 0 amide bonds. The maximum absolute atomic E-state index is 12.8. The van der Waals surface area contributed by atoms with Crippen LogP contribution in [0.5, 0.6) is 0 Å². The highest BCUT2D eigenvalue weighted by molar-refractivity contribution is 7.99. The van der Waals surface area contributed by atoms with E-state index >= 15 is 0 Å². The molecule has 0 bridgehead atoms. The van der Waals surface area contributed by atoms with Gasteiger partial charge in [-0.05, 0) is 17.7 Å². The molecule has 94 valence electrons. The SMILES string of the molecule is Fc1ccc(Cn2cc([C@@H]3OCCS3)nn2)cc1. The van der Waals surface area contributed by atoms with E-state index < -0.39 is 0 Å². The standard InChI is InChI=1S/C12H12FN3OS/c13-10-3-1-9(2-4-10)7-16-8-11(14-15-16)12-17-5-6-18-12/h1-4,8,12H,5-7H2/t12-/m1/s1. The Morgan fingerprint density at radius 1 is 1.39 bits per heavy atom. The van der Waals surface area contributed by atoms with Crippen molar-refractivity contribution in [3.63, 3.8) is 0 Å². The molecule has 4 nitrogen and oxygen atoms in total. The van der Waals surface area contributed by atoms with Crippen molar-refractivity contribution < 1.29 is 9.13 Å². The second-order valence-electron chi connectivity index (χ2n) is 4.04. The van der Waals surface area contributed by atoms with Crippen LogP contribution in [0.3, 0.4) is 0 Å². The van der Waals surface area contributed by atoms with Gasteiger partial charge < -0.3 is 4.74 Å². The van der Waals surface area contributed by atoms with E-state index in [-0.39, 0.29) is 11.3 Å². The summed E-state index contributed by atoms with van der Waals surface area (Å²) in [5, 5.41) is 8.16. The number of aromatic nitrogens is 3. The predicted molar refractivity (Wildman–Crippen MR) is 66.7 cm³/mol. The zero-order chi connectivity index (χ0) is 12.4. The Kier molecular flexibility index (Phi) is 3.29. The minimum Gasteiger partial charge on any atom is -0.360 e. The van der Waals surface area contributed by atoms with Crippen LogP contribution in [0.2, 0.25) is 0 Å². The van der Waals surface area contributed by atoms with Crippen molar-refractivity contribution in [1.82, 2.24) is 15.0 Å². The lowest BCUT2D eigenvalue weighted by molar-refractivity contribution is 0.142. The maximum Gasteiger partial charge on any atom is 0.148 e. The number of hydrogen-bond acceptors (Lipinski definition) is 4. The van der Waals surface area contributed by atoms with Gasteiger partial charge in [-0.1, -0.05) is 17.3 Å². The van der Waals surface area contributed by atoms with E-state index in [0.29, 0.717) is 6.54 Å². The Morgan fingerprint density at radius 2 is 2.22 bits per heavy atom. The number of ether oxygens (including phenoxy) is 1. The number of thioether (sulfide) groups is 1.